The van der Waals surface area contributed by atoms with Crippen molar-refractivity contribution in [1.82, 2.24) is 15.5 Å². The second-order valence-corrected chi connectivity index (χ2v) is 5.57. The third-order valence-electron chi connectivity index (χ3n) is 4.28. The van der Waals surface area contributed by atoms with Gasteiger partial charge in [-0.25, -0.2) is 0 Å². The third kappa shape index (κ3) is 5.11. The van der Waals surface area contributed by atoms with Crippen LogP contribution < -0.4 is 10.6 Å². The average Bonchev–Trinajstić information content (AvgIpc) is 2.45. The summed E-state index contributed by atoms with van der Waals surface area (Å²) in [6, 6.07) is 0.966. The van der Waals surface area contributed by atoms with Gasteiger partial charge in [0.05, 0.1) is 6.04 Å². The molecule has 1 rings (SSSR count). The lowest BCUT2D eigenvalue weighted by atomic mass is 10.0. The lowest BCUT2D eigenvalue weighted by Crippen LogP contribution is -2.52. The van der Waals surface area contributed by atoms with Gasteiger partial charge in [0.25, 0.3) is 0 Å². The number of hydrogen-bond donors (Lipinski definition) is 2. The first-order valence-corrected chi connectivity index (χ1v) is 7.90. The monoisotopic (exact) mass is 269 g/mol. The van der Waals surface area contributed by atoms with Crippen LogP contribution >= 0.6 is 0 Å². The normalized spacial score (nSPS) is 19.6. The highest BCUT2D eigenvalue weighted by molar-refractivity contribution is 5.81. The molecule has 0 radical (unpaired) electrons. The van der Waals surface area contributed by atoms with E-state index in [2.05, 4.69) is 36.3 Å². The van der Waals surface area contributed by atoms with Crippen LogP contribution in [0.1, 0.15) is 53.4 Å². The zero-order valence-corrected chi connectivity index (χ0v) is 13.0. The smallest absolute Gasteiger partial charge is 0.237 e. The summed E-state index contributed by atoms with van der Waals surface area (Å²) in [5, 5.41) is 6.65. The molecule has 1 heterocycles. The standard InChI is InChI=1S/C15H31N3O/c1-5-13(6-2)17-15(19)12(4)18-10-8-14(9-11-18)16-7-3/h12-14,16H,5-11H2,1-4H3,(H,17,19). The van der Waals surface area contributed by atoms with E-state index in [1.807, 2.05) is 6.92 Å². The maximum Gasteiger partial charge on any atom is 0.237 e. The van der Waals surface area contributed by atoms with Gasteiger partial charge in [-0.1, -0.05) is 20.8 Å². The van der Waals surface area contributed by atoms with Crippen molar-refractivity contribution in [3.8, 4) is 0 Å². The minimum absolute atomic E-state index is 0.00294. The Morgan fingerprint density at radius 3 is 2.26 bits per heavy atom. The summed E-state index contributed by atoms with van der Waals surface area (Å²) in [4.78, 5) is 14.5. The molecule has 1 amide bonds. The summed E-state index contributed by atoms with van der Waals surface area (Å²) in [5.41, 5.74) is 0. The van der Waals surface area contributed by atoms with Crippen LogP contribution in [0.4, 0.5) is 0 Å². The minimum atomic E-state index is 0.00294. The Balaban J connectivity index is 2.37. The summed E-state index contributed by atoms with van der Waals surface area (Å²) in [5.74, 6) is 0.190. The lowest BCUT2D eigenvalue weighted by Gasteiger charge is -2.36. The van der Waals surface area contributed by atoms with Crippen molar-refractivity contribution in [3.63, 3.8) is 0 Å². The van der Waals surface area contributed by atoms with Crippen LogP contribution in [0.2, 0.25) is 0 Å². The fourth-order valence-corrected chi connectivity index (χ4v) is 2.76. The van der Waals surface area contributed by atoms with E-state index in [1.165, 1.54) is 0 Å². The topological polar surface area (TPSA) is 44.4 Å². The molecule has 0 aromatic rings. The Labute approximate surface area is 118 Å². The van der Waals surface area contributed by atoms with E-state index in [1.54, 1.807) is 0 Å². The fraction of sp³-hybridized carbons (Fsp3) is 0.933. The molecule has 1 atom stereocenters. The highest BCUT2D eigenvalue weighted by atomic mass is 16.2. The third-order valence-corrected chi connectivity index (χ3v) is 4.28. The molecule has 0 aromatic heterocycles. The van der Waals surface area contributed by atoms with Crippen molar-refractivity contribution in [2.45, 2.75) is 71.5 Å². The summed E-state index contributed by atoms with van der Waals surface area (Å²) in [6.07, 6.45) is 4.32. The van der Waals surface area contributed by atoms with E-state index in [0.717, 1.165) is 45.3 Å². The predicted octanol–water partition coefficient (Wildman–Crippen LogP) is 1.75. The Hall–Kier alpha value is -0.610. The van der Waals surface area contributed by atoms with E-state index in [9.17, 15) is 4.79 Å². The Kier molecular flexibility index (Phi) is 7.39. The van der Waals surface area contributed by atoms with Crippen LogP contribution in [0.25, 0.3) is 0 Å². The summed E-state index contributed by atoms with van der Waals surface area (Å²) < 4.78 is 0. The van der Waals surface area contributed by atoms with Crippen molar-refractivity contribution in [1.29, 1.82) is 0 Å². The summed E-state index contributed by atoms with van der Waals surface area (Å²) >= 11 is 0. The Morgan fingerprint density at radius 2 is 1.79 bits per heavy atom. The van der Waals surface area contributed by atoms with Gasteiger partial charge >= 0.3 is 0 Å². The van der Waals surface area contributed by atoms with Crippen LogP contribution in [-0.4, -0.2) is 48.6 Å². The zero-order valence-electron chi connectivity index (χ0n) is 13.0. The maximum absolute atomic E-state index is 12.2. The second-order valence-electron chi connectivity index (χ2n) is 5.57. The maximum atomic E-state index is 12.2. The molecule has 4 heteroatoms. The molecule has 1 unspecified atom stereocenters. The number of piperidine rings is 1. The fourth-order valence-electron chi connectivity index (χ4n) is 2.76. The Morgan fingerprint density at radius 1 is 1.21 bits per heavy atom. The predicted molar refractivity (Wildman–Crippen MR) is 80.2 cm³/mol. The van der Waals surface area contributed by atoms with E-state index in [4.69, 9.17) is 0 Å². The molecule has 112 valence electrons. The van der Waals surface area contributed by atoms with Gasteiger partial charge in [-0.3, -0.25) is 9.69 Å². The van der Waals surface area contributed by atoms with E-state index >= 15 is 0 Å². The van der Waals surface area contributed by atoms with Gasteiger partial charge in [-0.2, -0.15) is 0 Å². The minimum Gasteiger partial charge on any atom is -0.352 e. The largest absolute Gasteiger partial charge is 0.352 e. The van der Waals surface area contributed by atoms with E-state index in [-0.39, 0.29) is 11.9 Å². The number of amides is 1. The van der Waals surface area contributed by atoms with Gasteiger partial charge in [-0.05, 0) is 39.2 Å². The quantitative estimate of drug-likeness (QED) is 0.740. The van der Waals surface area contributed by atoms with Gasteiger partial charge in [0, 0.05) is 25.2 Å². The van der Waals surface area contributed by atoms with Crippen molar-refractivity contribution in [2.24, 2.45) is 0 Å². The molecular formula is C15H31N3O. The summed E-state index contributed by atoms with van der Waals surface area (Å²) in [7, 11) is 0. The molecule has 2 N–H and O–H groups in total. The number of nitrogens with one attached hydrogen (secondary N) is 2. The number of carbonyl (C=O) groups is 1. The SMILES string of the molecule is CCNC1CCN(C(C)C(=O)NC(CC)CC)CC1. The van der Waals surface area contributed by atoms with Crippen LogP contribution in [-0.2, 0) is 4.79 Å². The molecule has 0 bridgehead atoms. The van der Waals surface area contributed by atoms with Gasteiger partial charge in [0.2, 0.25) is 5.91 Å². The first-order chi connectivity index (χ1) is 9.12. The van der Waals surface area contributed by atoms with Gasteiger partial charge in [0.1, 0.15) is 0 Å². The number of hydrogen-bond acceptors (Lipinski definition) is 3. The van der Waals surface area contributed by atoms with Crippen LogP contribution in [0.3, 0.4) is 0 Å². The zero-order chi connectivity index (χ0) is 14.3. The van der Waals surface area contributed by atoms with Crippen LogP contribution in [0.15, 0.2) is 0 Å². The number of carbonyl (C=O) groups excluding carboxylic acids is 1. The number of rotatable bonds is 7. The first kappa shape index (κ1) is 16.4. The molecule has 1 fully saturated rings. The van der Waals surface area contributed by atoms with Crippen molar-refractivity contribution in [3.05, 3.63) is 0 Å². The average molecular weight is 269 g/mol. The van der Waals surface area contributed by atoms with Gasteiger partial charge in [0.15, 0.2) is 0 Å². The molecule has 0 aromatic carbocycles. The molecule has 19 heavy (non-hydrogen) atoms. The highest BCUT2D eigenvalue weighted by Crippen LogP contribution is 2.13. The van der Waals surface area contributed by atoms with Gasteiger partial charge in [-0.15, -0.1) is 0 Å². The van der Waals surface area contributed by atoms with Crippen molar-refractivity contribution >= 4 is 5.91 Å². The van der Waals surface area contributed by atoms with Crippen molar-refractivity contribution in [2.75, 3.05) is 19.6 Å². The molecule has 0 saturated carbocycles. The Bertz CT molecular complexity index is 258. The molecule has 4 nitrogen and oxygen atoms in total. The van der Waals surface area contributed by atoms with E-state index < -0.39 is 0 Å². The molecule has 0 aliphatic carbocycles. The first-order valence-electron chi connectivity index (χ1n) is 7.90. The van der Waals surface area contributed by atoms with Gasteiger partial charge < -0.3 is 10.6 Å². The van der Waals surface area contributed by atoms with Crippen LogP contribution in [0.5, 0.6) is 0 Å². The lowest BCUT2D eigenvalue weighted by molar-refractivity contribution is -0.127. The van der Waals surface area contributed by atoms with E-state index in [0.29, 0.717) is 12.1 Å². The number of likely N-dealkylation sites (tertiary alicyclic amines) is 1. The van der Waals surface area contributed by atoms with Crippen molar-refractivity contribution < 1.29 is 4.79 Å². The van der Waals surface area contributed by atoms with Crippen LogP contribution in [0, 0.1) is 0 Å². The second kappa shape index (κ2) is 8.54. The molecular weight excluding hydrogens is 238 g/mol. The molecule has 0 spiro atoms. The summed E-state index contributed by atoms with van der Waals surface area (Å²) in [6.45, 7) is 11.5. The molecule has 1 aliphatic rings. The highest BCUT2D eigenvalue weighted by Gasteiger charge is 2.26. The molecule has 1 saturated heterocycles. The molecule has 1 aliphatic heterocycles. The number of nitrogens with zero attached hydrogens (tertiary/aromatic N) is 1.